The lowest BCUT2D eigenvalue weighted by Crippen LogP contribution is -2.62. The number of fused-ring (bicyclic) bond motifs is 1. The Morgan fingerprint density at radius 3 is 1.45 bits per heavy atom. The monoisotopic (exact) mass is 760 g/mol. The Bertz CT molecular complexity index is 1590. The van der Waals surface area contributed by atoms with E-state index in [4.69, 9.17) is 52.1 Å². The van der Waals surface area contributed by atoms with Crippen LogP contribution in [0, 0.1) is 0 Å². The highest BCUT2D eigenvalue weighted by atomic mass is 16.7. The van der Waals surface area contributed by atoms with Crippen molar-refractivity contribution in [1.29, 1.82) is 0 Å². The zero-order valence-corrected chi connectivity index (χ0v) is 31.5. The first kappa shape index (κ1) is 40.6. The summed E-state index contributed by atoms with van der Waals surface area (Å²) >= 11 is 0. The summed E-state index contributed by atoms with van der Waals surface area (Å²) < 4.78 is 66.7. The second-order valence-corrected chi connectivity index (χ2v) is 12.9. The minimum absolute atomic E-state index is 0.0632. The summed E-state index contributed by atoms with van der Waals surface area (Å²) in [4.78, 5) is 0. The van der Waals surface area contributed by atoms with Crippen molar-refractivity contribution in [2.24, 2.45) is 0 Å². The van der Waals surface area contributed by atoms with E-state index < -0.39 is 36.3 Å². The van der Waals surface area contributed by atoms with Gasteiger partial charge in [0.05, 0.1) is 86.9 Å². The molecule has 12 heteroatoms. The lowest BCUT2D eigenvalue weighted by atomic mass is 9.80. The van der Waals surface area contributed by atoms with Crippen molar-refractivity contribution in [2.45, 2.75) is 36.3 Å². The molecule has 0 aromatic heterocycles. The Kier molecular flexibility index (Phi) is 15.7. The molecule has 5 atom stereocenters. The molecule has 4 aromatic rings. The van der Waals surface area contributed by atoms with Crippen LogP contribution in [0.25, 0.3) is 0 Å². The minimum Gasteiger partial charge on any atom is -0.497 e. The van der Waals surface area contributed by atoms with Gasteiger partial charge in [0.1, 0.15) is 47.3 Å². The number of rotatable bonds is 10. The fourth-order valence-electron chi connectivity index (χ4n) is 6.65. The smallest absolute Gasteiger partial charge is 0.229 e. The average Bonchev–Trinajstić information content (AvgIpc) is 3.23. The first-order valence-corrected chi connectivity index (χ1v) is 18.7. The number of hydrogen-bond acceptors (Lipinski definition) is 12. The summed E-state index contributed by atoms with van der Waals surface area (Å²) in [6, 6.07) is 34.8. The van der Waals surface area contributed by atoms with Crippen molar-refractivity contribution in [3.05, 3.63) is 126 Å². The van der Waals surface area contributed by atoms with Gasteiger partial charge in [-0.05, 0) is 53.1 Å². The van der Waals surface area contributed by atoms with Crippen LogP contribution in [-0.4, -0.2) is 123 Å². The molecule has 2 heterocycles. The van der Waals surface area contributed by atoms with Gasteiger partial charge in [-0.2, -0.15) is 0 Å². The Hall–Kier alpha value is -4.08. The summed E-state index contributed by atoms with van der Waals surface area (Å²) in [6.45, 7) is 3.44. The lowest BCUT2D eigenvalue weighted by Gasteiger charge is -2.45. The third-order valence-corrected chi connectivity index (χ3v) is 9.44. The van der Waals surface area contributed by atoms with E-state index in [1.807, 2.05) is 109 Å². The van der Waals surface area contributed by atoms with Gasteiger partial charge in [0.2, 0.25) is 6.29 Å². The van der Waals surface area contributed by atoms with Crippen molar-refractivity contribution in [1.82, 2.24) is 0 Å². The number of hydrogen-bond donors (Lipinski definition) is 1. The largest absolute Gasteiger partial charge is 0.497 e. The standard InChI is InChI=1S/C43H52O12/c1-45-35-17-13-33(14-18-35)43(32-9-5-3-6-10-32,34-15-19-36(46-2)20-16-34)53-31-38-39(44)40-41(42(55-38)54-37-11-7-4-8-12-37)52-30-28-50-26-24-48-22-21-47-23-25-49-27-29-51-40/h3-20,38-42,44H,21-31H2,1-2H3/t38-,39-,40+,41-,42-/m1/s1. The maximum absolute atomic E-state index is 12.1. The van der Waals surface area contributed by atoms with Gasteiger partial charge < -0.3 is 57.2 Å². The molecule has 0 spiro atoms. The van der Waals surface area contributed by atoms with Crippen LogP contribution in [0.2, 0.25) is 0 Å². The fraction of sp³-hybridized carbons (Fsp3) is 0.442. The van der Waals surface area contributed by atoms with Crippen molar-refractivity contribution in [3.63, 3.8) is 0 Å². The summed E-state index contributed by atoms with van der Waals surface area (Å²) in [5, 5.41) is 12.1. The van der Waals surface area contributed by atoms with Crippen molar-refractivity contribution < 1.29 is 57.2 Å². The van der Waals surface area contributed by atoms with Crippen LogP contribution >= 0.6 is 0 Å². The van der Waals surface area contributed by atoms with Crippen LogP contribution in [0.3, 0.4) is 0 Å². The molecule has 1 N–H and O–H groups in total. The molecule has 0 unspecified atom stereocenters. The molecular weight excluding hydrogens is 708 g/mol. The molecule has 296 valence electrons. The third-order valence-electron chi connectivity index (χ3n) is 9.44. The highest BCUT2D eigenvalue weighted by Gasteiger charge is 2.49. The van der Waals surface area contributed by atoms with E-state index in [0.717, 1.165) is 16.7 Å². The zero-order valence-electron chi connectivity index (χ0n) is 31.5. The second kappa shape index (κ2) is 21.3. The van der Waals surface area contributed by atoms with E-state index in [-0.39, 0.29) is 33.0 Å². The lowest BCUT2D eigenvalue weighted by molar-refractivity contribution is -0.301. The number of aliphatic hydroxyl groups excluding tert-OH is 1. The minimum atomic E-state index is -1.19. The van der Waals surface area contributed by atoms with Gasteiger partial charge in [-0.3, -0.25) is 0 Å². The van der Waals surface area contributed by atoms with Crippen LogP contribution in [-0.2, 0) is 43.5 Å². The summed E-state index contributed by atoms with van der Waals surface area (Å²) in [7, 11) is 3.26. The molecule has 0 amide bonds. The van der Waals surface area contributed by atoms with Crippen LogP contribution in [0.15, 0.2) is 109 Å². The van der Waals surface area contributed by atoms with E-state index in [0.29, 0.717) is 56.9 Å². The number of aliphatic hydroxyl groups is 1. The first-order chi connectivity index (χ1) is 27.1. The quantitative estimate of drug-likeness (QED) is 0.219. The average molecular weight is 761 g/mol. The maximum atomic E-state index is 12.1. The van der Waals surface area contributed by atoms with E-state index in [1.54, 1.807) is 14.2 Å². The SMILES string of the molecule is COc1ccc(C(OC[C@H]2O[C@@H](Oc3ccccc3)[C@@H]3OCCOCCOCCOCCOCCO[C@H]3[C@@H]2O)(c2ccccc2)c2ccc(OC)cc2)cc1. The Labute approximate surface area is 323 Å². The van der Waals surface area contributed by atoms with Gasteiger partial charge in [0.25, 0.3) is 0 Å². The topological polar surface area (TPSA) is 122 Å². The number of methoxy groups -OCH3 is 2. The number of para-hydroxylation sites is 1. The molecular formula is C43H52O12. The Morgan fingerprint density at radius 1 is 0.527 bits per heavy atom. The Balaban J connectivity index is 1.33. The van der Waals surface area contributed by atoms with Gasteiger partial charge in [-0.25, -0.2) is 0 Å². The van der Waals surface area contributed by atoms with E-state index >= 15 is 0 Å². The molecule has 6 rings (SSSR count). The second-order valence-electron chi connectivity index (χ2n) is 12.9. The van der Waals surface area contributed by atoms with E-state index in [1.165, 1.54) is 0 Å². The third kappa shape index (κ3) is 10.8. The van der Waals surface area contributed by atoms with Crippen molar-refractivity contribution >= 4 is 0 Å². The van der Waals surface area contributed by atoms with Gasteiger partial charge in [0, 0.05) is 0 Å². The summed E-state index contributed by atoms with van der Waals surface area (Å²) in [5.74, 6) is 1.98. The van der Waals surface area contributed by atoms with E-state index in [2.05, 4.69) is 0 Å². The molecule has 12 nitrogen and oxygen atoms in total. The first-order valence-electron chi connectivity index (χ1n) is 18.7. The summed E-state index contributed by atoms with van der Waals surface area (Å²) in [5.41, 5.74) is 1.40. The predicted molar refractivity (Wildman–Crippen MR) is 203 cm³/mol. The van der Waals surface area contributed by atoms with Gasteiger partial charge in [-0.15, -0.1) is 0 Å². The van der Waals surface area contributed by atoms with Crippen LogP contribution < -0.4 is 14.2 Å². The summed E-state index contributed by atoms with van der Waals surface area (Å²) in [6.07, 6.45) is -4.81. The van der Waals surface area contributed by atoms with Crippen molar-refractivity contribution in [3.8, 4) is 17.2 Å². The molecule has 0 bridgehead atoms. The predicted octanol–water partition coefficient (Wildman–Crippen LogP) is 5.03. The molecule has 2 aliphatic heterocycles. The molecule has 4 aromatic carbocycles. The fourth-order valence-corrected chi connectivity index (χ4v) is 6.65. The Morgan fingerprint density at radius 2 is 0.964 bits per heavy atom. The zero-order chi connectivity index (χ0) is 38.1. The molecule has 2 aliphatic rings. The highest BCUT2D eigenvalue weighted by molar-refractivity contribution is 5.49. The molecule has 2 fully saturated rings. The molecule has 0 radical (unpaired) electrons. The molecule has 55 heavy (non-hydrogen) atoms. The van der Waals surface area contributed by atoms with Crippen molar-refractivity contribution in [2.75, 3.05) is 86.9 Å². The van der Waals surface area contributed by atoms with Crippen LogP contribution in [0.4, 0.5) is 0 Å². The molecule has 2 saturated heterocycles. The maximum Gasteiger partial charge on any atom is 0.229 e. The van der Waals surface area contributed by atoms with Crippen LogP contribution in [0.5, 0.6) is 17.2 Å². The number of ether oxygens (including phenoxy) is 11. The van der Waals surface area contributed by atoms with E-state index in [9.17, 15) is 5.11 Å². The molecule has 0 saturated carbocycles. The van der Waals surface area contributed by atoms with Gasteiger partial charge in [0.15, 0.2) is 0 Å². The van der Waals surface area contributed by atoms with Crippen LogP contribution in [0.1, 0.15) is 16.7 Å². The van der Waals surface area contributed by atoms with Gasteiger partial charge in [-0.1, -0.05) is 72.8 Å². The highest BCUT2D eigenvalue weighted by Crippen LogP contribution is 2.42. The number of benzene rings is 4. The normalized spacial score (nSPS) is 23.7. The van der Waals surface area contributed by atoms with Gasteiger partial charge >= 0.3 is 0 Å². The molecule has 0 aliphatic carbocycles.